The first-order valence-electron chi connectivity index (χ1n) is 8.17. The molecule has 6 heteroatoms. The van der Waals surface area contributed by atoms with Crippen molar-refractivity contribution in [3.63, 3.8) is 0 Å². The summed E-state index contributed by atoms with van der Waals surface area (Å²) < 4.78 is 0. The first-order valence-corrected chi connectivity index (χ1v) is 8.17. The molecule has 6 nitrogen and oxygen atoms in total. The highest BCUT2D eigenvalue weighted by molar-refractivity contribution is 6.00. The number of carbonyl (C=O) groups excluding carboxylic acids is 1. The van der Waals surface area contributed by atoms with Gasteiger partial charge in [0.15, 0.2) is 11.5 Å². The second-order valence-corrected chi connectivity index (χ2v) is 6.15. The van der Waals surface area contributed by atoms with Crippen molar-refractivity contribution in [3.05, 3.63) is 36.4 Å². The van der Waals surface area contributed by atoms with Crippen molar-refractivity contribution in [2.75, 3.05) is 5.32 Å². The number of amides is 1. The third-order valence-corrected chi connectivity index (χ3v) is 4.57. The summed E-state index contributed by atoms with van der Waals surface area (Å²) in [7, 11) is 0. The van der Waals surface area contributed by atoms with Gasteiger partial charge in [0.2, 0.25) is 5.91 Å². The zero-order valence-electron chi connectivity index (χ0n) is 13.1. The Bertz CT molecular complexity index is 897. The van der Waals surface area contributed by atoms with Crippen LogP contribution in [0.1, 0.15) is 25.7 Å². The molecular weight excluding hydrogens is 304 g/mol. The number of nitrogens with one attached hydrogen (secondary N) is 2. The van der Waals surface area contributed by atoms with E-state index in [-0.39, 0.29) is 17.6 Å². The molecule has 3 aromatic rings. The number of aromatic hydroxyl groups is 1. The van der Waals surface area contributed by atoms with Gasteiger partial charge in [0.05, 0.1) is 11.1 Å². The standard InChI is InChI=1S/C18H18N4O2/c23-15-8-4-3-7-12(15)14-10-9-13-16(19-14)21-22-17(13)20-18(24)11-5-1-2-6-11/h3-4,7-11,23H,1-2,5-6H2,(H2,19,20,21,22,24). The van der Waals surface area contributed by atoms with Crippen LogP contribution in [0.25, 0.3) is 22.3 Å². The normalized spacial score (nSPS) is 15.0. The molecule has 1 aliphatic carbocycles. The van der Waals surface area contributed by atoms with E-state index in [0.717, 1.165) is 31.1 Å². The molecule has 0 aliphatic heterocycles. The van der Waals surface area contributed by atoms with Crippen molar-refractivity contribution in [1.29, 1.82) is 0 Å². The lowest BCUT2D eigenvalue weighted by Gasteiger charge is -2.08. The highest BCUT2D eigenvalue weighted by Crippen LogP contribution is 2.30. The number of carbonyl (C=O) groups is 1. The molecule has 24 heavy (non-hydrogen) atoms. The molecule has 0 spiro atoms. The van der Waals surface area contributed by atoms with Gasteiger partial charge in [-0.3, -0.25) is 9.89 Å². The van der Waals surface area contributed by atoms with Crippen LogP contribution in [-0.2, 0) is 4.79 Å². The smallest absolute Gasteiger partial charge is 0.228 e. The monoisotopic (exact) mass is 322 g/mol. The van der Waals surface area contributed by atoms with Crippen LogP contribution in [0, 0.1) is 5.92 Å². The van der Waals surface area contributed by atoms with Crippen LogP contribution in [0.3, 0.4) is 0 Å². The average Bonchev–Trinajstić information content (AvgIpc) is 3.25. The number of hydrogen-bond acceptors (Lipinski definition) is 4. The predicted octanol–water partition coefficient (Wildman–Crippen LogP) is 3.46. The molecule has 0 atom stereocenters. The molecule has 1 aliphatic rings. The van der Waals surface area contributed by atoms with Crippen molar-refractivity contribution < 1.29 is 9.90 Å². The van der Waals surface area contributed by atoms with E-state index in [0.29, 0.717) is 22.7 Å². The molecule has 0 radical (unpaired) electrons. The Kier molecular flexibility index (Phi) is 3.65. The van der Waals surface area contributed by atoms with Gasteiger partial charge in [-0.15, -0.1) is 0 Å². The maximum absolute atomic E-state index is 12.3. The topological polar surface area (TPSA) is 90.9 Å². The van der Waals surface area contributed by atoms with Gasteiger partial charge in [0.25, 0.3) is 0 Å². The van der Waals surface area contributed by atoms with Gasteiger partial charge in [-0.05, 0) is 37.1 Å². The van der Waals surface area contributed by atoms with Gasteiger partial charge in [-0.25, -0.2) is 4.98 Å². The van der Waals surface area contributed by atoms with E-state index in [9.17, 15) is 9.90 Å². The Morgan fingerprint density at radius 3 is 2.75 bits per heavy atom. The fourth-order valence-electron chi connectivity index (χ4n) is 3.25. The molecule has 122 valence electrons. The first-order chi connectivity index (χ1) is 11.7. The molecule has 3 N–H and O–H groups in total. The molecule has 0 saturated heterocycles. The number of phenols is 1. The molecule has 1 fully saturated rings. The fraction of sp³-hybridized carbons (Fsp3) is 0.278. The highest BCUT2D eigenvalue weighted by atomic mass is 16.3. The van der Waals surface area contributed by atoms with Crippen LogP contribution in [0.15, 0.2) is 36.4 Å². The van der Waals surface area contributed by atoms with E-state index in [1.54, 1.807) is 12.1 Å². The number of aromatic amines is 1. The Morgan fingerprint density at radius 2 is 1.96 bits per heavy atom. The second kappa shape index (κ2) is 5.96. The van der Waals surface area contributed by atoms with Crippen molar-refractivity contribution >= 4 is 22.8 Å². The molecule has 2 heterocycles. The molecule has 4 rings (SSSR count). The number of hydrogen-bond donors (Lipinski definition) is 3. The molecule has 0 bridgehead atoms. The van der Waals surface area contributed by atoms with Crippen LogP contribution in [-0.4, -0.2) is 26.2 Å². The quantitative estimate of drug-likeness (QED) is 0.688. The van der Waals surface area contributed by atoms with Gasteiger partial charge in [0.1, 0.15) is 5.75 Å². The number of rotatable bonds is 3. The molecule has 1 saturated carbocycles. The van der Waals surface area contributed by atoms with Crippen molar-refractivity contribution in [1.82, 2.24) is 15.2 Å². The van der Waals surface area contributed by atoms with Crippen LogP contribution < -0.4 is 5.32 Å². The van der Waals surface area contributed by atoms with E-state index in [2.05, 4.69) is 20.5 Å². The van der Waals surface area contributed by atoms with Gasteiger partial charge in [-0.1, -0.05) is 25.0 Å². The number of phenolic OH excluding ortho intramolecular Hbond substituents is 1. The van der Waals surface area contributed by atoms with E-state index >= 15 is 0 Å². The number of benzene rings is 1. The zero-order valence-corrected chi connectivity index (χ0v) is 13.1. The number of aromatic nitrogens is 3. The first kappa shape index (κ1) is 14.7. The zero-order chi connectivity index (χ0) is 16.5. The van der Waals surface area contributed by atoms with E-state index in [1.807, 2.05) is 24.3 Å². The number of para-hydroxylation sites is 1. The summed E-state index contributed by atoms with van der Waals surface area (Å²) in [4.78, 5) is 16.8. The number of anilines is 1. The van der Waals surface area contributed by atoms with Crippen molar-refractivity contribution in [2.24, 2.45) is 5.92 Å². The van der Waals surface area contributed by atoms with Crippen molar-refractivity contribution in [2.45, 2.75) is 25.7 Å². The maximum Gasteiger partial charge on any atom is 0.228 e. The van der Waals surface area contributed by atoms with Gasteiger partial charge < -0.3 is 10.4 Å². The van der Waals surface area contributed by atoms with Gasteiger partial charge >= 0.3 is 0 Å². The number of pyridine rings is 1. The SMILES string of the molecule is O=C(Nc1n[nH]c2nc(-c3ccccc3O)ccc12)C1CCCC1. The fourth-order valence-corrected chi connectivity index (χ4v) is 3.25. The molecular formula is C18H18N4O2. The number of fused-ring (bicyclic) bond motifs is 1. The van der Waals surface area contributed by atoms with Crippen molar-refractivity contribution in [3.8, 4) is 17.0 Å². The highest BCUT2D eigenvalue weighted by Gasteiger charge is 2.24. The minimum Gasteiger partial charge on any atom is -0.507 e. The minimum absolute atomic E-state index is 0.0330. The van der Waals surface area contributed by atoms with Crippen LogP contribution >= 0.6 is 0 Å². The molecule has 2 aromatic heterocycles. The van der Waals surface area contributed by atoms with E-state index in [4.69, 9.17) is 0 Å². The number of H-pyrrole nitrogens is 1. The van der Waals surface area contributed by atoms with Crippen LogP contribution in [0.5, 0.6) is 5.75 Å². The average molecular weight is 322 g/mol. The summed E-state index contributed by atoms with van der Waals surface area (Å²) in [5.74, 6) is 0.813. The molecule has 1 aromatic carbocycles. The lowest BCUT2D eigenvalue weighted by atomic mass is 10.1. The van der Waals surface area contributed by atoms with Gasteiger partial charge in [-0.2, -0.15) is 5.10 Å². The lowest BCUT2D eigenvalue weighted by Crippen LogP contribution is -2.20. The molecule has 0 unspecified atom stereocenters. The Balaban J connectivity index is 1.63. The number of nitrogens with zero attached hydrogens (tertiary/aromatic N) is 2. The summed E-state index contributed by atoms with van der Waals surface area (Å²) in [6.45, 7) is 0. The minimum atomic E-state index is 0.0330. The van der Waals surface area contributed by atoms with Gasteiger partial charge in [0, 0.05) is 11.5 Å². The van der Waals surface area contributed by atoms with Crippen LogP contribution in [0.2, 0.25) is 0 Å². The van der Waals surface area contributed by atoms with E-state index in [1.165, 1.54) is 0 Å². The third kappa shape index (κ3) is 2.60. The third-order valence-electron chi connectivity index (χ3n) is 4.57. The summed E-state index contributed by atoms with van der Waals surface area (Å²) in [5, 5.41) is 20.7. The Hall–Kier alpha value is -2.89. The summed E-state index contributed by atoms with van der Waals surface area (Å²) in [6.07, 6.45) is 4.13. The lowest BCUT2D eigenvalue weighted by molar-refractivity contribution is -0.119. The van der Waals surface area contributed by atoms with Crippen LogP contribution in [0.4, 0.5) is 5.82 Å². The largest absolute Gasteiger partial charge is 0.507 e. The Labute approximate surface area is 138 Å². The molecule has 1 amide bonds. The summed E-state index contributed by atoms with van der Waals surface area (Å²) in [6, 6.07) is 10.7. The summed E-state index contributed by atoms with van der Waals surface area (Å²) >= 11 is 0. The summed E-state index contributed by atoms with van der Waals surface area (Å²) in [5.41, 5.74) is 1.89. The van der Waals surface area contributed by atoms with E-state index < -0.39 is 0 Å². The Morgan fingerprint density at radius 1 is 1.17 bits per heavy atom. The maximum atomic E-state index is 12.3. The predicted molar refractivity (Wildman–Crippen MR) is 91.6 cm³/mol. The second-order valence-electron chi connectivity index (χ2n) is 6.15.